The molecule has 4 rings (SSSR count). The topological polar surface area (TPSA) is 70.0 Å². The number of imidazole rings is 1. The average Bonchev–Trinajstić information content (AvgIpc) is 3.43. The number of rotatable bonds is 7. The minimum absolute atomic E-state index is 0.594. The van der Waals surface area contributed by atoms with Crippen LogP contribution in [0.4, 0.5) is 0 Å². The second kappa shape index (κ2) is 9.10. The molecule has 2 aromatic heterocycles. The minimum atomic E-state index is 0.594. The maximum atomic E-state index is 4.79. The summed E-state index contributed by atoms with van der Waals surface area (Å²) >= 11 is 0. The van der Waals surface area contributed by atoms with Crippen LogP contribution in [0.1, 0.15) is 18.1 Å². The Morgan fingerprint density at radius 3 is 2.79 bits per heavy atom. The van der Waals surface area contributed by atoms with Gasteiger partial charge in [0.15, 0.2) is 5.96 Å². The van der Waals surface area contributed by atoms with Gasteiger partial charge in [0.1, 0.15) is 0 Å². The second-order valence-electron chi connectivity index (χ2n) is 6.83. The molecule has 3 N–H and O–H groups in total. The Morgan fingerprint density at radius 2 is 1.93 bits per heavy atom. The van der Waals surface area contributed by atoms with Gasteiger partial charge < -0.3 is 20.2 Å². The SMILES string of the molecule is CCNC(=NCc1ccccc1-n1ccnc1)NCCc1c[nH]c2ccccc12. The highest BCUT2D eigenvalue weighted by Crippen LogP contribution is 2.18. The average molecular weight is 387 g/mol. The first-order valence-electron chi connectivity index (χ1n) is 9.98. The first-order chi connectivity index (χ1) is 14.3. The van der Waals surface area contributed by atoms with Crippen molar-refractivity contribution in [3.63, 3.8) is 0 Å². The summed E-state index contributed by atoms with van der Waals surface area (Å²) in [6, 6.07) is 16.7. The van der Waals surface area contributed by atoms with Gasteiger partial charge in [-0.2, -0.15) is 0 Å². The van der Waals surface area contributed by atoms with Crippen LogP contribution >= 0.6 is 0 Å². The maximum Gasteiger partial charge on any atom is 0.191 e. The summed E-state index contributed by atoms with van der Waals surface area (Å²) in [5.41, 5.74) is 4.75. The third-order valence-electron chi connectivity index (χ3n) is 4.89. The van der Waals surface area contributed by atoms with Gasteiger partial charge in [0.2, 0.25) is 0 Å². The van der Waals surface area contributed by atoms with Crippen LogP contribution in [0.2, 0.25) is 0 Å². The summed E-state index contributed by atoms with van der Waals surface area (Å²) in [4.78, 5) is 12.3. The fourth-order valence-electron chi connectivity index (χ4n) is 3.46. The molecule has 0 saturated carbocycles. The molecule has 0 spiro atoms. The molecule has 0 bridgehead atoms. The molecule has 0 aliphatic rings. The smallest absolute Gasteiger partial charge is 0.191 e. The highest BCUT2D eigenvalue weighted by Gasteiger charge is 2.06. The molecular weight excluding hydrogens is 360 g/mol. The molecule has 0 amide bonds. The number of para-hydroxylation sites is 2. The molecule has 4 aromatic rings. The van der Waals surface area contributed by atoms with Gasteiger partial charge in [-0.25, -0.2) is 9.98 Å². The third kappa shape index (κ3) is 4.48. The quantitative estimate of drug-likeness (QED) is 0.335. The van der Waals surface area contributed by atoms with Crippen molar-refractivity contribution in [2.24, 2.45) is 4.99 Å². The summed E-state index contributed by atoms with van der Waals surface area (Å²) in [7, 11) is 0. The Labute approximate surface area is 170 Å². The number of nitrogens with one attached hydrogen (secondary N) is 3. The van der Waals surface area contributed by atoms with Crippen molar-refractivity contribution < 1.29 is 0 Å². The first kappa shape index (κ1) is 18.8. The highest BCUT2D eigenvalue weighted by atomic mass is 15.2. The molecule has 0 radical (unpaired) electrons. The Balaban J connectivity index is 1.42. The van der Waals surface area contributed by atoms with Gasteiger partial charge in [-0.15, -0.1) is 0 Å². The fourth-order valence-corrected chi connectivity index (χ4v) is 3.46. The summed E-state index contributed by atoms with van der Waals surface area (Å²) in [6.45, 7) is 4.31. The van der Waals surface area contributed by atoms with E-state index in [9.17, 15) is 0 Å². The van der Waals surface area contributed by atoms with Crippen LogP contribution < -0.4 is 10.6 Å². The molecule has 29 heavy (non-hydrogen) atoms. The molecule has 0 unspecified atom stereocenters. The van der Waals surface area contributed by atoms with Crippen molar-refractivity contribution in [1.29, 1.82) is 0 Å². The molecule has 0 saturated heterocycles. The third-order valence-corrected chi connectivity index (χ3v) is 4.89. The first-order valence-corrected chi connectivity index (χ1v) is 9.98. The highest BCUT2D eigenvalue weighted by molar-refractivity contribution is 5.83. The van der Waals surface area contributed by atoms with E-state index in [4.69, 9.17) is 4.99 Å². The van der Waals surface area contributed by atoms with Crippen molar-refractivity contribution in [3.05, 3.63) is 84.6 Å². The summed E-state index contributed by atoms with van der Waals surface area (Å²) in [5, 5.41) is 8.07. The Bertz CT molecular complexity index is 1080. The van der Waals surface area contributed by atoms with Crippen molar-refractivity contribution in [2.45, 2.75) is 19.9 Å². The molecule has 0 atom stereocenters. The Morgan fingerprint density at radius 1 is 1.07 bits per heavy atom. The van der Waals surface area contributed by atoms with Crippen LogP contribution in [0.3, 0.4) is 0 Å². The van der Waals surface area contributed by atoms with Crippen molar-refractivity contribution in [2.75, 3.05) is 13.1 Å². The number of benzene rings is 2. The van der Waals surface area contributed by atoms with E-state index in [1.165, 1.54) is 16.5 Å². The van der Waals surface area contributed by atoms with E-state index in [0.717, 1.165) is 36.7 Å². The van der Waals surface area contributed by atoms with Crippen molar-refractivity contribution in [1.82, 2.24) is 25.2 Å². The van der Waals surface area contributed by atoms with Gasteiger partial charge in [-0.1, -0.05) is 36.4 Å². The van der Waals surface area contributed by atoms with Crippen LogP contribution in [0.5, 0.6) is 0 Å². The monoisotopic (exact) mass is 386 g/mol. The number of H-pyrrole nitrogens is 1. The van der Waals surface area contributed by atoms with Crippen molar-refractivity contribution in [3.8, 4) is 5.69 Å². The summed E-state index contributed by atoms with van der Waals surface area (Å²) in [6.07, 6.45) is 8.58. The number of aromatic amines is 1. The summed E-state index contributed by atoms with van der Waals surface area (Å²) < 4.78 is 2.02. The van der Waals surface area contributed by atoms with E-state index in [0.29, 0.717) is 6.54 Å². The lowest BCUT2D eigenvalue weighted by Gasteiger charge is -2.12. The number of hydrogen-bond donors (Lipinski definition) is 3. The maximum absolute atomic E-state index is 4.79. The molecule has 0 aliphatic carbocycles. The minimum Gasteiger partial charge on any atom is -0.361 e. The zero-order chi connectivity index (χ0) is 19.9. The van der Waals surface area contributed by atoms with E-state index in [2.05, 4.69) is 70.1 Å². The number of fused-ring (bicyclic) bond motifs is 1. The van der Waals surface area contributed by atoms with E-state index in [1.54, 1.807) is 6.20 Å². The van der Waals surface area contributed by atoms with Crippen LogP contribution in [0, 0.1) is 0 Å². The largest absolute Gasteiger partial charge is 0.361 e. The molecule has 0 fully saturated rings. The van der Waals surface area contributed by atoms with Crippen molar-refractivity contribution >= 4 is 16.9 Å². The molecule has 2 aromatic carbocycles. The van der Waals surface area contributed by atoms with Gasteiger partial charge in [0.25, 0.3) is 0 Å². The Hall–Kier alpha value is -3.54. The van der Waals surface area contributed by atoms with Crippen LogP contribution in [-0.4, -0.2) is 33.6 Å². The molecule has 2 heterocycles. The van der Waals surface area contributed by atoms with Crippen LogP contribution in [-0.2, 0) is 13.0 Å². The number of guanidine groups is 1. The van der Waals surface area contributed by atoms with Gasteiger partial charge in [-0.3, -0.25) is 0 Å². The number of aromatic nitrogens is 3. The summed E-state index contributed by atoms with van der Waals surface area (Å²) in [5.74, 6) is 0.827. The molecule has 0 aliphatic heterocycles. The van der Waals surface area contributed by atoms with Gasteiger partial charge in [0, 0.05) is 42.6 Å². The number of hydrogen-bond acceptors (Lipinski definition) is 2. The van der Waals surface area contributed by atoms with Gasteiger partial charge >= 0.3 is 0 Å². The predicted molar refractivity (Wildman–Crippen MR) is 118 cm³/mol. The van der Waals surface area contributed by atoms with Gasteiger partial charge in [-0.05, 0) is 36.6 Å². The lowest BCUT2D eigenvalue weighted by atomic mass is 10.1. The van der Waals surface area contributed by atoms with E-state index in [1.807, 2.05) is 29.2 Å². The zero-order valence-electron chi connectivity index (χ0n) is 16.6. The lowest BCUT2D eigenvalue weighted by molar-refractivity contribution is 0.800. The second-order valence-corrected chi connectivity index (χ2v) is 6.83. The number of aliphatic imine (C=N–C) groups is 1. The van der Waals surface area contributed by atoms with E-state index >= 15 is 0 Å². The normalized spacial score (nSPS) is 11.7. The van der Waals surface area contributed by atoms with Gasteiger partial charge in [0.05, 0.1) is 18.6 Å². The number of nitrogens with zero attached hydrogens (tertiary/aromatic N) is 3. The fraction of sp³-hybridized carbons (Fsp3) is 0.217. The molecule has 148 valence electrons. The lowest BCUT2D eigenvalue weighted by Crippen LogP contribution is -2.38. The van der Waals surface area contributed by atoms with E-state index < -0.39 is 0 Å². The standard InChI is InChI=1S/C23H26N6/c1-2-25-23(26-12-11-18-15-27-21-9-5-4-8-20(18)21)28-16-19-7-3-6-10-22(19)29-14-13-24-17-29/h3-10,13-15,17,27H,2,11-12,16H2,1H3,(H2,25,26,28). The molecule has 6 heteroatoms. The molecular formula is C23H26N6. The van der Waals surface area contributed by atoms with Crippen LogP contribution in [0.25, 0.3) is 16.6 Å². The van der Waals surface area contributed by atoms with Crippen LogP contribution in [0.15, 0.2) is 78.4 Å². The Kier molecular flexibility index (Phi) is 5.90. The predicted octanol–water partition coefficient (Wildman–Crippen LogP) is 3.65. The molecule has 6 nitrogen and oxygen atoms in total. The van der Waals surface area contributed by atoms with E-state index in [-0.39, 0.29) is 0 Å². The zero-order valence-corrected chi connectivity index (χ0v) is 16.6.